The quantitative estimate of drug-likeness (QED) is 0.747. The molecule has 0 unspecified atom stereocenters. The van der Waals surface area contributed by atoms with Crippen molar-refractivity contribution in [2.24, 2.45) is 0 Å². The van der Waals surface area contributed by atoms with Gasteiger partial charge in [0.05, 0.1) is 5.56 Å². The van der Waals surface area contributed by atoms with E-state index in [1.165, 1.54) is 6.07 Å². The molecule has 0 spiro atoms. The summed E-state index contributed by atoms with van der Waals surface area (Å²) in [6, 6.07) is 3.72. The van der Waals surface area contributed by atoms with Crippen LogP contribution in [0.5, 0.6) is 0 Å². The van der Waals surface area contributed by atoms with Gasteiger partial charge in [0.1, 0.15) is 0 Å². The van der Waals surface area contributed by atoms with Gasteiger partial charge in [0, 0.05) is 17.1 Å². The minimum absolute atomic E-state index is 0.503. The first-order chi connectivity index (χ1) is 7.52. The molecule has 2 rings (SSSR count). The maximum atomic E-state index is 12.4. The van der Waals surface area contributed by atoms with Crippen molar-refractivity contribution in [3.8, 4) is 0 Å². The van der Waals surface area contributed by atoms with Crippen molar-refractivity contribution in [2.45, 2.75) is 13.1 Å². The van der Waals surface area contributed by atoms with Crippen molar-refractivity contribution in [1.29, 1.82) is 0 Å². The van der Waals surface area contributed by atoms with Crippen molar-refractivity contribution >= 4 is 17.0 Å². The summed E-state index contributed by atoms with van der Waals surface area (Å²) < 4.78 is 37.3. The Kier molecular flexibility index (Phi) is 2.50. The fraction of sp³-hybridized carbons (Fsp3) is 0.167. The lowest BCUT2D eigenvalue weighted by Gasteiger charge is -2.05. The summed E-state index contributed by atoms with van der Waals surface area (Å²) in [5, 5.41) is 0.797. The predicted molar refractivity (Wildman–Crippen MR) is 58.0 cm³/mol. The van der Waals surface area contributed by atoms with Crippen molar-refractivity contribution in [3.05, 3.63) is 41.6 Å². The molecule has 0 fully saturated rings. The normalized spacial score (nSPS) is 12.8. The Morgan fingerprint density at radius 2 is 2.00 bits per heavy atom. The second-order valence-electron chi connectivity index (χ2n) is 3.50. The summed E-state index contributed by atoms with van der Waals surface area (Å²) in [7, 11) is 0. The van der Waals surface area contributed by atoms with Crippen LogP contribution in [0.2, 0.25) is 0 Å². The highest BCUT2D eigenvalue weighted by Gasteiger charge is 2.30. The highest BCUT2D eigenvalue weighted by molar-refractivity contribution is 5.89. The van der Waals surface area contributed by atoms with Gasteiger partial charge in [0.15, 0.2) is 0 Å². The molecular weight excluding hydrogens is 215 g/mol. The van der Waals surface area contributed by atoms with Gasteiger partial charge in [-0.3, -0.25) is 0 Å². The molecule has 0 amide bonds. The molecule has 16 heavy (non-hydrogen) atoms. The van der Waals surface area contributed by atoms with Crippen LogP contribution in [0.1, 0.15) is 18.1 Å². The summed E-state index contributed by atoms with van der Waals surface area (Å²) in [4.78, 5) is 2.83. The van der Waals surface area contributed by atoms with Crippen LogP contribution in [0, 0.1) is 0 Å². The predicted octanol–water partition coefficient (Wildman–Crippen LogP) is 4.22. The molecule has 0 saturated heterocycles. The Morgan fingerprint density at radius 1 is 1.25 bits per heavy atom. The van der Waals surface area contributed by atoms with Crippen molar-refractivity contribution in [2.75, 3.05) is 0 Å². The molecule has 1 nitrogen and oxygen atoms in total. The average Bonchev–Trinajstić information content (AvgIpc) is 2.60. The molecule has 0 atom stereocenters. The summed E-state index contributed by atoms with van der Waals surface area (Å²) in [5.74, 6) is 0. The van der Waals surface area contributed by atoms with E-state index >= 15 is 0 Å². The molecule has 0 aliphatic carbocycles. The minimum atomic E-state index is -4.29. The minimum Gasteiger partial charge on any atom is -0.361 e. The number of hydrogen-bond donors (Lipinski definition) is 1. The molecule has 1 heterocycles. The van der Waals surface area contributed by atoms with E-state index in [2.05, 4.69) is 4.98 Å². The van der Waals surface area contributed by atoms with E-state index in [4.69, 9.17) is 0 Å². The first-order valence-corrected chi connectivity index (χ1v) is 4.83. The standard InChI is InChI=1S/C12H10F3N/c1-2-3-8-7-16-11-6-9(12(13,14)15)4-5-10(8)11/h2-7,16H,1H3/b3-2-. The Labute approximate surface area is 90.6 Å². The fourth-order valence-electron chi connectivity index (χ4n) is 1.64. The maximum absolute atomic E-state index is 12.4. The zero-order valence-electron chi connectivity index (χ0n) is 8.60. The molecule has 1 aromatic heterocycles. The maximum Gasteiger partial charge on any atom is 0.416 e. The lowest BCUT2D eigenvalue weighted by atomic mass is 10.1. The van der Waals surface area contributed by atoms with Gasteiger partial charge in [-0.1, -0.05) is 18.2 Å². The zero-order chi connectivity index (χ0) is 11.8. The van der Waals surface area contributed by atoms with Crippen LogP contribution in [0.4, 0.5) is 13.2 Å². The van der Waals surface area contributed by atoms with Gasteiger partial charge in [-0.15, -0.1) is 0 Å². The van der Waals surface area contributed by atoms with Gasteiger partial charge in [-0.05, 0) is 24.6 Å². The Balaban J connectivity index is 2.57. The van der Waals surface area contributed by atoms with Gasteiger partial charge in [-0.2, -0.15) is 13.2 Å². The average molecular weight is 225 g/mol. The van der Waals surface area contributed by atoms with E-state index in [9.17, 15) is 13.2 Å². The number of H-pyrrole nitrogens is 1. The number of rotatable bonds is 1. The van der Waals surface area contributed by atoms with Crippen molar-refractivity contribution in [1.82, 2.24) is 4.98 Å². The topological polar surface area (TPSA) is 15.8 Å². The van der Waals surface area contributed by atoms with Gasteiger partial charge in [0.25, 0.3) is 0 Å². The van der Waals surface area contributed by atoms with E-state index in [1.54, 1.807) is 6.20 Å². The number of allylic oxidation sites excluding steroid dienone is 1. The summed E-state index contributed by atoms with van der Waals surface area (Å²) in [5.41, 5.74) is 0.767. The first-order valence-electron chi connectivity index (χ1n) is 4.83. The third-order valence-corrected chi connectivity index (χ3v) is 2.39. The summed E-state index contributed by atoms with van der Waals surface area (Å²) in [6.07, 6.45) is 1.11. The van der Waals surface area contributed by atoms with E-state index in [0.29, 0.717) is 5.52 Å². The van der Waals surface area contributed by atoms with E-state index < -0.39 is 11.7 Å². The number of alkyl halides is 3. The molecule has 1 aromatic carbocycles. The van der Waals surface area contributed by atoms with Gasteiger partial charge >= 0.3 is 6.18 Å². The van der Waals surface area contributed by atoms with Crippen LogP contribution in [-0.2, 0) is 6.18 Å². The number of halogens is 3. The lowest BCUT2D eigenvalue weighted by Crippen LogP contribution is -2.04. The fourth-order valence-corrected chi connectivity index (χ4v) is 1.64. The number of hydrogen-bond acceptors (Lipinski definition) is 0. The number of aromatic amines is 1. The van der Waals surface area contributed by atoms with Crippen LogP contribution in [0.15, 0.2) is 30.5 Å². The second kappa shape index (κ2) is 3.70. The van der Waals surface area contributed by atoms with Crippen LogP contribution >= 0.6 is 0 Å². The second-order valence-corrected chi connectivity index (χ2v) is 3.50. The Morgan fingerprint density at radius 3 is 2.62 bits per heavy atom. The summed E-state index contributed by atoms with van der Waals surface area (Å²) in [6.45, 7) is 1.86. The highest BCUT2D eigenvalue weighted by Crippen LogP contribution is 2.32. The number of aromatic nitrogens is 1. The van der Waals surface area contributed by atoms with E-state index in [1.807, 2.05) is 19.1 Å². The molecule has 0 bridgehead atoms. The first kappa shape index (κ1) is 10.8. The molecule has 0 aliphatic rings. The van der Waals surface area contributed by atoms with Crippen molar-refractivity contribution in [3.63, 3.8) is 0 Å². The van der Waals surface area contributed by atoms with E-state index in [-0.39, 0.29) is 0 Å². The molecule has 4 heteroatoms. The van der Waals surface area contributed by atoms with E-state index in [0.717, 1.165) is 23.1 Å². The zero-order valence-corrected chi connectivity index (χ0v) is 8.60. The van der Waals surface area contributed by atoms with Crippen LogP contribution < -0.4 is 0 Å². The van der Waals surface area contributed by atoms with Gasteiger partial charge in [0.2, 0.25) is 0 Å². The monoisotopic (exact) mass is 225 g/mol. The number of fused-ring (bicyclic) bond motifs is 1. The van der Waals surface area contributed by atoms with Gasteiger partial charge < -0.3 is 4.98 Å². The summed E-state index contributed by atoms with van der Waals surface area (Å²) >= 11 is 0. The van der Waals surface area contributed by atoms with Crippen molar-refractivity contribution < 1.29 is 13.2 Å². The van der Waals surface area contributed by atoms with Crippen LogP contribution in [0.25, 0.3) is 17.0 Å². The smallest absolute Gasteiger partial charge is 0.361 e. The molecular formula is C12H10F3N. The molecule has 0 radical (unpaired) electrons. The molecule has 2 aromatic rings. The highest BCUT2D eigenvalue weighted by atomic mass is 19.4. The van der Waals surface area contributed by atoms with Crippen LogP contribution in [0.3, 0.4) is 0 Å². The molecule has 0 saturated carbocycles. The Bertz CT molecular complexity index is 535. The number of nitrogens with one attached hydrogen (secondary N) is 1. The third kappa shape index (κ3) is 1.83. The SMILES string of the molecule is C/C=C\c1c[nH]c2cc(C(F)(F)F)ccc12. The van der Waals surface area contributed by atoms with Gasteiger partial charge in [-0.25, -0.2) is 0 Å². The largest absolute Gasteiger partial charge is 0.416 e. The molecule has 1 N–H and O–H groups in total. The van der Waals surface area contributed by atoms with Crippen LogP contribution in [-0.4, -0.2) is 4.98 Å². The lowest BCUT2D eigenvalue weighted by molar-refractivity contribution is -0.137. The number of benzene rings is 1. The third-order valence-electron chi connectivity index (χ3n) is 2.39. The molecule has 84 valence electrons. The Hall–Kier alpha value is -1.71. The molecule has 0 aliphatic heterocycles.